The molecule has 0 bridgehead atoms. The summed E-state index contributed by atoms with van der Waals surface area (Å²) in [7, 11) is 2.48. The summed E-state index contributed by atoms with van der Waals surface area (Å²) < 4.78 is 11.4. The van der Waals surface area contributed by atoms with E-state index in [4.69, 9.17) is 9.47 Å². The van der Waals surface area contributed by atoms with Gasteiger partial charge in [-0.3, -0.25) is 4.79 Å². The first kappa shape index (κ1) is 23.1. The number of hydrogen-bond acceptors (Lipinski definition) is 7. The van der Waals surface area contributed by atoms with E-state index in [1.54, 1.807) is 12.1 Å². The molecule has 2 aromatic heterocycles. The number of fused-ring (bicyclic) bond motifs is 1. The van der Waals surface area contributed by atoms with Gasteiger partial charge in [0.25, 0.3) is 5.91 Å². The number of aromatic nitrogens is 2. The molecule has 2 aromatic carbocycles. The first-order valence-electron chi connectivity index (χ1n) is 10.3. The van der Waals surface area contributed by atoms with Crippen LogP contribution in [0.5, 0.6) is 0 Å². The highest BCUT2D eigenvalue weighted by atomic mass is 32.2. The number of thioether (sulfide) groups is 1. The monoisotopic (exact) mass is 475 g/mol. The molecule has 0 saturated heterocycles. The highest BCUT2D eigenvalue weighted by Gasteiger charge is 2.17. The molecular formula is C25H21N3O5S. The number of rotatable bonds is 7. The van der Waals surface area contributed by atoms with Crippen LogP contribution in [-0.2, 0) is 15.2 Å². The summed E-state index contributed by atoms with van der Waals surface area (Å²) in [5, 5.41) is 2.77. The van der Waals surface area contributed by atoms with Gasteiger partial charge in [0.2, 0.25) is 0 Å². The van der Waals surface area contributed by atoms with Gasteiger partial charge in [0.15, 0.2) is 0 Å². The molecule has 0 saturated carbocycles. The molecule has 0 atom stereocenters. The summed E-state index contributed by atoms with van der Waals surface area (Å²) in [5.41, 5.74) is 2.72. The normalized spacial score (nSPS) is 10.6. The fourth-order valence-electron chi connectivity index (χ4n) is 3.36. The van der Waals surface area contributed by atoms with Crippen LogP contribution < -0.4 is 5.32 Å². The Balaban J connectivity index is 1.55. The van der Waals surface area contributed by atoms with Crippen LogP contribution in [0.2, 0.25) is 0 Å². The van der Waals surface area contributed by atoms with Crippen LogP contribution >= 0.6 is 11.8 Å². The number of nitrogens with one attached hydrogen (secondary N) is 1. The summed E-state index contributed by atoms with van der Waals surface area (Å²) in [6.45, 7) is 0. The van der Waals surface area contributed by atoms with E-state index >= 15 is 0 Å². The van der Waals surface area contributed by atoms with Crippen molar-refractivity contribution in [1.29, 1.82) is 0 Å². The molecule has 0 aliphatic carbocycles. The van der Waals surface area contributed by atoms with Crippen molar-refractivity contribution in [3.63, 3.8) is 0 Å². The first-order chi connectivity index (χ1) is 16.5. The molecule has 8 nitrogen and oxygen atoms in total. The van der Waals surface area contributed by atoms with Gasteiger partial charge in [-0.25, -0.2) is 14.6 Å². The lowest BCUT2D eigenvalue weighted by atomic mass is 10.1. The van der Waals surface area contributed by atoms with E-state index in [9.17, 15) is 14.4 Å². The van der Waals surface area contributed by atoms with Gasteiger partial charge in [0.1, 0.15) is 5.65 Å². The molecule has 1 N–H and O–H groups in total. The third-order valence-corrected chi connectivity index (χ3v) is 6.06. The molecule has 0 fully saturated rings. The standard InChI is InChI=1S/C25H21N3O5S/c1-32-24(30)16-11-17(25(31)33-2)13-18(12-16)27-23(29)20-7-3-4-8-21(20)34-15-19-14-28-10-6-5-9-22(28)26-19/h3-14H,15H2,1-2H3,(H,27,29). The highest BCUT2D eigenvalue weighted by molar-refractivity contribution is 7.98. The minimum Gasteiger partial charge on any atom is -0.465 e. The van der Waals surface area contributed by atoms with Crippen molar-refractivity contribution in [1.82, 2.24) is 9.38 Å². The van der Waals surface area contributed by atoms with Crippen LogP contribution in [0.4, 0.5) is 5.69 Å². The number of imidazole rings is 1. The van der Waals surface area contributed by atoms with Gasteiger partial charge in [-0.2, -0.15) is 0 Å². The lowest BCUT2D eigenvalue weighted by Crippen LogP contribution is -2.15. The van der Waals surface area contributed by atoms with E-state index in [0.717, 1.165) is 16.2 Å². The number of amides is 1. The number of anilines is 1. The molecule has 9 heteroatoms. The van der Waals surface area contributed by atoms with Crippen LogP contribution in [-0.4, -0.2) is 41.5 Å². The number of nitrogens with zero attached hydrogens (tertiary/aromatic N) is 2. The molecule has 2 heterocycles. The largest absolute Gasteiger partial charge is 0.465 e. The van der Waals surface area contributed by atoms with Gasteiger partial charge in [0.05, 0.1) is 36.6 Å². The number of esters is 2. The topological polar surface area (TPSA) is 99.0 Å². The molecule has 172 valence electrons. The molecule has 0 aliphatic rings. The zero-order valence-corrected chi connectivity index (χ0v) is 19.3. The molecule has 0 radical (unpaired) electrons. The predicted octanol–water partition coefficient (Wildman–Crippen LogP) is 4.45. The second-order valence-corrected chi connectivity index (χ2v) is 8.24. The van der Waals surface area contributed by atoms with Gasteiger partial charge in [-0.1, -0.05) is 18.2 Å². The Kier molecular flexibility index (Phi) is 6.93. The molecular weight excluding hydrogens is 454 g/mol. The summed E-state index contributed by atoms with van der Waals surface area (Å²) in [5.74, 6) is -1.07. The summed E-state index contributed by atoms with van der Waals surface area (Å²) in [6.07, 6.45) is 3.89. The Bertz CT molecular complexity index is 1310. The van der Waals surface area contributed by atoms with Crippen molar-refractivity contribution >= 4 is 40.9 Å². The van der Waals surface area contributed by atoms with E-state index in [1.807, 2.05) is 47.1 Å². The quantitative estimate of drug-likeness (QED) is 0.311. The average molecular weight is 476 g/mol. The van der Waals surface area contributed by atoms with Crippen molar-refractivity contribution in [2.45, 2.75) is 10.6 Å². The fourth-order valence-corrected chi connectivity index (χ4v) is 4.29. The van der Waals surface area contributed by atoms with Gasteiger partial charge in [-0.15, -0.1) is 11.8 Å². The molecule has 4 rings (SSSR count). The average Bonchev–Trinajstić information content (AvgIpc) is 3.29. The van der Waals surface area contributed by atoms with Crippen molar-refractivity contribution < 1.29 is 23.9 Å². The smallest absolute Gasteiger partial charge is 0.337 e. The maximum Gasteiger partial charge on any atom is 0.337 e. The van der Waals surface area contributed by atoms with E-state index < -0.39 is 11.9 Å². The molecule has 4 aromatic rings. The van der Waals surface area contributed by atoms with Crippen molar-refractivity contribution in [3.8, 4) is 0 Å². The third kappa shape index (κ3) is 5.10. The van der Waals surface area contributed by atoms with Crippen LogP contribution in [0.3, 0.4) is 0 Å². The first-order valence-corrected chi connectivity index (χ1v) is 11.2. The van der Waals surface area contributed by atoms with Gasteiger partial charge < -0.3 is 19.2 Å². The van der Waals surface area contributed by atoms with Gasteiger partial charge in [-0.05, 0) is 42.5 Å². The fraction of sp³-hybridized carbons (Fsp3) is 0.120. The zero-order valence-electron chi connectivity index (χ0n) is 18.5. The molecule has 0 aliphatic heterocycles. The number of methoxy groups -OCH3 is 2. The lowest BCUT2D eigenvalue weighted by Gasteiger charge is -2.12. The van der Waals surface area contributed by atoms with E-state index in [1.165, 1.54) is 44.2 Å². The highest BCUT2D eigenvalue weighted by Crippen LogP contribution is 2.27. The van der Waals surface area contributed by atoms with Gasteiger partial charge in [0, 0.05) is 28.7 Å². The second-order valence-electron chi connectivity index (χ2n) is 7.22. The van der Waals surface area contributed by atoms with Crippen LogP contribution in [0, 0.1) is 0 Å². The summed E-state index contributed by atoms with van der Waals surface area (Å²) in [6, 6.07) is 17.3. The Morgan fingerprint density at radius 1 is 0.941 bits per heavy atom. The summed E-state index contributed by atoms with van der Waals surface area (Å²) in [4.78, 5) is 42.5. The van der Waals surface area contributed by atoms with Crippen LogP contribution in [0.25, 0.3) is 5.65 Å². The number of pyridine rings is 1. The third-order valence-electron chi connectivity index (χ3n) is 4.95. The Morgan fingerprint density at radius 2 is 1.62 bits per heavy atom. The number of ether oxygens (including phenoxy) is 2. The minimum atomic E-state index is -0.635. The number of hydrogen-bond donors (Lipinski definition) is 1. The second kappa shape index (κ2) is 10.2. The Labute approximate surface area is 199 Å². The molecule has 0 spiro atoms. The molecule has 1 amide bonds. The number of carbonyl (C=O) groups is 3. The van der Waals surface area contributed by atoms with E-state index in [2.05, 4.69) is 10.3 Å². The lowest BCUT2D eigenvalue weighted by molar-refractivity contribution is 0.0599. The maximum absolute atomic E-state index is 13.1. The molecule has 34 heavy (non-hydrogen) atoms. The minimum absolute atomic E-state index is 0.121. The van der Waals surface area contributed by atoms with Crippen molar-refractivity contribution in [3.05, 3.63) is 95.4 Å². The maximum atomic E-state index is 13.1. The SMILES string of the molecule is COC(=O)c1cc(NC(=O)c2ccccc2SCc2cn3ccccc3n2)cc(C(=O)OC)c1. The van der Waals surface area contributed by atoms with Crippen LogP contribution in [0.1, 0.15) is 36.8 Å². The molecule has 0 unspecified atom stereocenters. The van der Waals surface area contributed by atoms with Gasteiger partial charge >= 0.3 is 11.9 Å². The van der Waals surface area contributed by atoms with E-state index in [0.29, 0.717) is 11.3 Å². The predicted molar refractivity (Wildman–Crippen MR) is 128 cm³/mol. The van der Waals surface area contributed by atoms with Crippen LogP contribution in [0.15, 0.2) is 78.0 Å². The number of carbonyl (C=O) groups excluding carboxylic acids is 3. The van der Waals surface area contributed by atoms with E-state index in [-0.39, 0.29) is 22.7 Å². The zero-order chi connectivity index (χ0) is 24.1. The summed E-state index contributed by atoms with van der Waals surface area (Å²) >= 11 is 1.49. The van der Waals surface area contributed by atoms with Crippen molar-refractivity contribution in [2.24, 2.45) is 0 Å². The Hall–Kier alpha value is -4.11. The Morgan fingerprint density at radius 3 is 2.29 bits per heavy atom. The van der Waals surface area contributed by atoms with Crippen molar-refractivity contribution in [2.75, 3.05) is 19.5 Å². The number of benzene rings is 2.